The maximum absolute atomic E-state index is 10.5. The van der Waals surface area contributed by atoms with Crippen LogP contribution in [-0.2, 0) is 4.79 Å². The summed E-state index contributed by atoms with van der Waals surface area (Å²) in [5, 5.41) is 11.7. The molecular formula is C11H18N2O2S. The molecule has 0 aliphatic rings. The van der Waals surface area contributed by atoms with Crippen molar-refractivity contribution in [3.8, 4) is 0 Å². The number of carboxylic acids is 1. The lowest BCUT2D eigenvalue weighted by atomic mass is 9.98. The van der Waals surface area contributed by atoms with Gasteiger partial charge in [-0.05, 0) is 30.6 Å². The summed E-state index contributed by atoms with van der Waals surface area (Å²) in [4.78, 5) is 10.5. The van der Waals surface area contributed by atoms with Crippen molar-refractivity contribution in [2.45, 2.75) is 27.2 Å². The Morgan fingerprint density at radius 3 is 2.44 bits per heavy atom. The molecule has 0 rings (SSSR count). The van der Waals surface area contributed by atoms with Gasteiger partial charge in [0.25, 0.3) is 0 Å². The third-order valence-corrected chi connectivity index (χ3v) is 2.08. The highest BCUT2D eigenvalue weighted by Crippen LogP contribution is 2.18. The van der Waals surface area contributed by atoms with E-state index < -0.39 is 5.97 Å². The zero-order chi connectivity index (χ0) is 12.7. The van der Waals surface area contributed by atoms with Gasteiger partial charge in [0.15, 0.2) is 5.11 Å². The van der Waals surface area contributed by atoms with Crippen molar-refractivity contribution in [3.63, 3.8) is 0 Å². The third-order valence-electron chi connectivity index (χ3n) is 1.98. The maximum Gasteiger partial charge on any atom is 0.307 e. The first kappa shape index (κ1) is 14.6. The van der Waals surface area contributed by atoms with Gasteiger partial charge < -0.3 is 16.2 Å². The molecular weight excluding hydrogens is 224 g/mol. The van der Waals surface area contributed by atoms with E-state index in [1.54, 1.807) is 6.08 Å². The third kappa shape index (κ3) is 5.50. The largest absolute Gasteiger partial charge is 0.481 e. The van der Waals surface area contributed by atoms with E-state index >= 15 is 0 Å². The number of hydrogen-bond donors (Lipinski definition) is 3. The van der Waals surface area contributed by atoms with Crippen LogP contribution in [0.5, 0.6) is 0 Å². The number of thiocarbonyl (C=S) groups is 1. The van der Waals surface area contributed by atoms with Gasteiger partial charge in [0.05, 0.1) is 6.42 Å². The predicted octanol–water partition coefficient (Wildman–Crippen LogP) is 1.78. The molecule has 0 unspecified atom stereocenters. The molecule has 0 aliphatic carbocycles. The molecule has 16 heavy (non-hydrogen) atoms. The van der Waals surface area contributed by atoms with Crippen LogP contribution < -0.4 is 11.1 Å². The molecule has 0 saturated carbocycles. The second-order valence-corrected chi connectivity index (χ2v) is 4.04. The Kier molecular flexibility index (Phi) is 6.41. The van der Waals surface area contributed by atoms with Gasteiger partial charge in [-0.2, -0.15) is 0 Å². The standard InChI is InChI=1S/C11H18N2O2S/c1-4-9(13-11(12)16)8(7(2)3)5-6-10(14)15/h4-5,7H,6H2,1-3H3,(H,14,15)(H3,12,13,16)/b8-5-,9-4-. The summed E-state index contributed by atoms with van der Waals surface area (Å²) in [5.74, 6) is -0.656. The summed E-state index contributed by atoms with van der Waals surface area (Å²) in [6.07, 6.45) is 3.49. The molecule has 0 aliphatic heterocycles. The molecule has 0 aromatic rings. The number of carbonyl (C=O) groups is 1. The Morgan fingerprint density at radius 1 is 1.56 bits per heavy atom. The van der Waals surface area contributed by atoms with Gasteiger partial charge in [0, 0.05) is 5.70 Å². The lowest BCUT2D eigenvalue weighted by molar-refractivity contribution is -0.136. The van der Waals surface area contributed by atoms with Gasteiger partial charge in [0.1, 0.15) is 0 Å². The first-order chi connectivity index (χ1) is 7.38. The summed E-state index contributed by atoms with van der Waals surface area (Å²) < 4.78 is 0. The number of rotatable bonds is 5. The molecule has 4 nitrogen and oxygen atoms in total. The van der Waals surface area contributed by atoms with Crippen molar-refractivity contribution in [2.75, 3.05) is 0 Å². The summed E-state index contributed by atoms with van der Waals surface area (Å²) >= 11 is 4.76. The summed E-state index contributed by atoms with van der Waals surface area (Å²) in [5.41, 5.74) is 7.07. The molecule has 0 fully saturated rings. The smallest absolute Gasteiger partial charge is 0.307 e. The first-order valence-corrected chi connectivity index (χ1v) is 5.44. The number of nitrogens with two attached hydrogens (primary N) is 1. The summed E-state index contributed by atoms with van der Waals surface area (Å²) in [7, 11) is 0. The van der Waals surface area contributed by atoms with Crippen LogP contribution in [0, 0.1) is 5.92 Å². The fourth-order valence-electron chi connectivity index (χ4n) is 1.30. The van der Waals surface area contributed by atoms with E-state index in [-0.39, 0.29) is 17.5 Å². The Balaban J connectivity index is 4.95. The normalized spacial score (nSPS) is 12.8. The molecule has 0 radical (unpaired) electrons. The second kappa shape index (κ2) is 7.00. The lowest BCUT2D eigenvalue weighted by Crippen LogP contribution is -2.30. The fraction of sp³-hybridized carbons (Fsp3) is 0.455. The van der Waals surface area contributed by atoms with Crippen molar-refractivity contribution in [2.24, 2.45) is 11.7 Å². The van der Waals surface area contributed by atoms with Crippen LogP contribution in [0.4, 0.5) is 0 Å². The van der Waals surface area contributed by atoms with Crippen molar-refractivity contribution in [3.05, 3.63) is 23.4 Å². The van der Waals surface area contributed by atoms with Crippen LogP contribution in [0.25, 0.3) is 0 Å². The van der Waals surface area contributed by atoms with Gasteiger partial charge in [-0.1, -0.05) is 26.0 Å². The predicted molar refractivity (Wildman–Crippen MR) is 68.9 cm³/mol. The lowest BCUT2D eigenvalue weighted by Gasteiger charge is -2.16. The van der Waals surface area contributed by atoms with E-state index in [9.17, 15) is 4.79 Å². The van der Waals surface area contributed by atoms with E-state index in [1.807, 2.05) is 26.8 Å². The fourth-order valence-corrected chi connectivity index (χ4v) is 1.41. The number of hydrogen-bond acceptors (Lipinski definition) is 2. The second-order valence-electron chi connectivity index (χ2n) is 3.60. The molecule has 0 amide bonds. The van der Waals surface area contributed by atoms with E-state index in [0.717, 1.165) is 11.3 Å². The van der Waals surface area contributed by atoms with E-state index in [4.69, 9.17) is 23.1 Å². The minimum absolute atomic E-state index is 0.0101. The number of allylic oxidation sites excluding steroid dienone is 2. The first-order valence-electron chi connectivity index (χ1n) is 5.03. The zero-order valence-electron chi connectivity index (χ0n) is 9.78. The van der Waals surface area contributed by atoms with Crippen LogP contribution in [0.2, 0.25) is 0 Å². The average molecular weight is 242 g/mol. The summed E-state index contributed by atoms with van der Waals surface area (Å²) in [6, 6.07) is 0. The van der Waals surface area contributed by atoms with E-state index in [2.05, 4.69) is 5.32 Å². The van der Waals surface area contributed by atoms with Crippen molar-refractivity contribution in [1.29, 1.82) is 0 Å². The Hall–Kier alpha value is -1.36. The van der Waals surface area contributed by atoms with Crippen LogP contribution >= 0.6 is 12.2 Å². The van der Waals surface area contributed by atoms with Crippen molar-refractivity contribution >= 4 is 23.3 Å². The number of aliphatic carboxylic acids is 1. The number of carboxylic acid groups (broad SMARTS) is 1. The molecule has 5 heteroatoms. The van der Waals surface area contributed by atoms with E-state index in [0.29, 0.717) is 0 Å². The maximum atomic E-state index is 10.5. The van der Waals surface area contributed by atoms with Gasteiger partial charge in [-0.15, -0.1) is 0 Å². The van der Waals surface area contributed by atoms with Gasteiger partial charge in [0.2, 0.25) is 0 Å². The Labute approximate surface area is 101 Å². The molecule has 0 heterocycles. The quantitative estimate of drug-likeness (QED) is 0.506. The minimum Gasteiger partial charge on any atom is -0.481 e. The molecule has 0 spiro atoms. The highest BCUT2D eigenvalue weighted by atomic mass is 32.1. The molecule has 0 saturated heterocycles. The van der Waals surface area contributed by atoms with Crippen LogP contribution in [0.1, 0.15) is 27.2 Å². The zero-order valence-corrected chi connectivity index (χ0v) is 10.6. The molecule has 4 N–H and O–H groups in total. The van der Waals surface area contributed by atoms with Gasteiger partial charge >= 0.3 is 5.97 Å². The van der Waals surface area contributed by atoms with Crippen LogP contribution in [0.3, 0.4) is 0 Å². The SMILES string of the molecule is C/C=C(NC(N)=S)/C(=C\CC(=O)O)C(C)C. The Bertz CT molecular complexity index is 333. The highest BCUT2D eigenvalue weighted by Gasteiger charge is 2.10. The average Bonchev–Trinajstić information content (AvgIpc) is 2.14. The molecule has 0 aromatic heterocycles. The Morgan fingerprint density at radius 2 is 2.12 bits per heavy atom. The van der Waals surface area contributed by atoms with Crippen molar-refractivity contribution < 1.29 is 9.90 Å². The van der Waals surface area contributed by atoms with Gasteiger partial charge in [-0.25, -0.2) is 0 Å². The highest BCUT2D eigenvalue weighted by molar-refractivity contribution is 7.80. The van der Waals surface area contributed by atoms with Gasteiger partial charge in [-0.3, -0.25) is 4.79 Å². The van der Waals surface area contributed by atoms with Crippen LogP contribution in [0.15, 0.2) is 23.4 Å². The summed E-state index contributed by atoms with van der Waals surface area (Å²) in [6.45, 7) is 5.81. The topological polar surface area (TPSA) is 75.3 Å². The monoisotopic (exact) mass is 242 g/mol. The molecule has 0 aromatic carbocycles. The van der Waals surface area contributed by atoms with E-state index in [1.165, 1.54) is 0 Å². The minimum atomic E-state index is -0.857. The molecule has 0 bridgehead atoms. The van der Waals surface area contributed by atoms with Crippen LogP contribution in [-0.4, -0.2) is 16.2 Å². The van der Waals surface area contributed by atoms with Crippen molar-refractivity contribution in [1.82, 2.24) is 5.32 Å². The molecule has 90 valence electrons. The number of nitrogens with one attached hydrogen (secondary N) is 1. The molecule has 0 atom stereocenters.